The number of carbonyl (C=O) groups excluding carboxylic acids is 2. The fourth-order valence-electron chi connectivity index (χ4n) is 3.76. The number of benzene rings is 1. The number of hydrazine groups is 1. The molecular formula is C20H26N4O3S. The summed E-state index contributed by atoms with van der Waals surface area (Å²) in [7, 11) is 0. The maximum absolute atomic E-state index is 13.3. The summed E-state index contributed by atoms with van der Waals surface area (Å²) in [5, 5.41) is 1.15. The van der Waals surface area contributed by atoms with E-state index in [1.165, 1.54) is 18.7 Å². The van der Waals surface area contributed by atoms with Crippen molar-refractivity contribution in [2.45, 2.75) is 51.2 Å². The Labute approximate surface area is 168 Å². The highest BCUT2D eigenvalue weighted by molar-refractivity contribution is 7.99. The number of nitrogens with one attached hydrogen (secondary N) is 2. The van der Waals surface area contributed by atoms with Crippen molar-refractivity contribution >= 4 is 34.5 Å². The van der Waals surface area contributed by atoms with Crippen molar-refractivity contribution in [1.29, 1.82) is 0 Å². The van der Waals surface area contributed by atoms with E-state index in [1.54, 1.807) is 10.6 Å². The van der Waals surface area contributed by atoms with Gasteiger partial charge in [0, 0.05) is 13.0 Å². The zero-order valence-electron chi connectivity index (χ0n) is 16.4. The number of nitrogens with zero attached hydrogens (tertiary/aromatic N) is 2. The number of amides is 2. The first kappa shape index (κ1) is 20.4. The lowest BCUT2D eigenvalue weighted by atomic mass is 9.78. The Balaban J connectivity index is 1.96. The maximum Gasteiger partial charge on any atom is 0.262 e. The minimum Gasteiger partial charge on any atom is -0.284 e. The van der Waals surface area contributed by atoms with Crippen LogP contribution in [0.3, 0.4) is 0 Å². The average Bonchev–Trinajstić information content (AvgIpc) is 2.67. The molecule has 2 amide bonds. The minimum atomic E-state index is -0.348. The molecule has 1 saturated carbocycles. The summed E-state index contributed by atoms with van der Waals surface area (Å²) in [6.45, 7) is 5.74. The molecule has 0 aliphatic heterocycles. The minimum absolute atomic E-state index is 0.0543. The summed E-state index contributed by atoms with van der Waals surface area (Å²) in [5.41, 5.74) is 5.19. The Morgan fingerprint density at radius 1 is 1.21 bits per heavy atom. The van der Waals surface area contributed by atoms with Crippen LogP contribution in [-0.2, 0) is 9.59 Å². The van der Waals surface area contributed by atoms with E-state index in [0.717, 1.165) is 19.3 Å². The molecule has 1 aromatic heterocycles. The van der Waals surface area contributed by atoms with Gasteiger partial charge in [-0.2, -0.15) is 0 Å². The monoisotopic (exact) mass is 402 g/mol. The van der Waals surface area contributed by atoms with Crippen molar-refractivity contribution in [3.63, 3.8) is 0 Å². The van der Waals surface area contributed by atoms with E-state index in [4.69, 9.17) is 4.98 Å². The number of hydrogen-bond acceptors (Lipinski definition) is 5. The summed E-state index contributed by atoms with van der Waals surface area (Å²) in [6, 6.07) is 7.37. The van der Waals surface area contributed by atoms with Crippen LogP contribution in [0.15, 0.2) is 34.2 Å². The Bertz CT molecular complexity index is 943. The van der Waals surface area contributed by atoms with Crippen LogP contribution in [0.2, 0.25) is 0 Å². The molecule has 150 valence electrons. The van der Waals surface area contributed by atoms with Gasteiger partial charge in [-0.25, -0.2) is 4.98 Å². The number of hydrogen-bond donors (Lipinski definition) is 2. The van der Waals surface area contributed by atoms with Crippen LogP contribution >= 0.6 is 11.8 Å². The number of thioether (sulfide) groups is 1. The number of rotatable bonds is 4. The van der Waals surface area contributed by atoms with Gasteiger partial charge in [0.2, 0.25) is 11.8 Å². The normalized spacial score (nSPS) is 22.0. The van der Waals surface area contributed by atoms with Crippen LogP contribution < -0.4 is 16.4 Å². The smallest absolute Gasteiger partial charge is 0.262 e. The third-order valence-electron chi connectivity index (χ3n) is 5.48. The predicted octanol–water partition coefficient (Wildman–Crippen LogP) is 2.65. The van der Waals surface area contributed by atoms with E-state index < -0.39 is 0 Å². The molecule has 8 heteroatoms. The van der Waals surface area contributed by atoms with Gasteiger partial charge < -0.3 is 0 Å². The highest BCUT2D eigenvalue weighted by Gasteiger charge is 2.31. The van der Waals surface area contributed by atoms with Gasteiger partial charge >= 0.3 is 0 Å². The molecule has 0 spiro atoms. The van der Waals surface area contributed by atoms with Gasteiger partial charge in [-0.15, -0.1) is 0 Å². The lowest BCUT2D eigenvalue weighted by Gasteiger charge is -2.36. The molecule has 0 saturated heterocycles. The summed E-state index contributed by atoms with van der Waals surface area (Å²) in [4.78, 5) is 41.0. The average molecular weight is 403 g/mol. The van der Waals surface area contributed by atoms with Crippen LogP contribution in [0.4, 0.5) is 0 Å². The van der Waals surface area contributed by atoms with E-state index >= 15 is 0 Å². The van der Waals surface area contributed by atoms with Crippen molar-refractivity contribution < 1.29 is 9.59 Å². The fourth-order valence-corrected chi connectivity index (χ4v) is 4.61. The summed E-state index contributed by atoms with van der Waals surface area (Å²) >= 11 is 1.22. The van der Waals surface area contributed by atoms with Gasteiger partial charge in [-0.05, 0) is 30.4 Å². The van der Waals surface area contributed by atoms with Crippen LogP contribution in [0, 0.1) is 11.8 Å². The Hall–Kier alpha value is -2.35. The Morgan fingerprint density at radius 3 is 2.71 bits per heavy atom. The second kappa shape index (κ2) is 8.77. The summed E-state index contributed by atoms with van der Waals surface area (Å²) < 4.78 is 1.79. The zero-order chi connectivity index (χ0) is 20.3. The molecule has 2 N–H and O–H groups in total. The van der Waals surface area contributed by atoms with Crippen molar-refractivity contribution in [2.75, 3.05) is 5.75 Å². The molecule has 2 aromatic rings. The van der Waals surface area contributed by atoms with Crippen molar-refractivity contribution in [2.24, 2.45) is 11.8 Å². The molecule has 0 radical (unpaired) electrons. The third-order valence-corrected chi connectivity index (χ3v) is 6.43. The first-order valence-corrected chi connectivity index (χ1v) is 10.6. The highest BCUT2D eigenvalue weighted by atomic mass is 32.2. The van der Waals surface area contributed by atoms with E-state index in [9.17, 15) is 14.4 Å². The van der Waals surface area contributed by atoms with Gasteiger partial charge in [0.15, 0.2) is 5.16 Å². The first-order chi connectivity index (χ1) is 13.4. The van der Waals surface area contributed by atoms with E-state index in [2.05, 4.69) is 24.7 Å². The molecule has 1 aromatic carbocycles. The molecule has 1 fully saturated rings. The van der Waals surface area contributed by atoms with Crippen LogP contribution in [0.1, 0.15) is 46.1 Å². The molecule has 0 bridgehead atoms. The van der Waals surface area contributed by atoms with E-state index in [0.29, 0.717) is 27.9 Å². The Kier molecular flexibility index (Phi) is 6.39. The Morgan fingerprint density at radius 2 is 1.96 bits per heavy atom. The van der Waals surface area contributed by atoms with Crippen molar-refractivity contribution in [3.8, 4) is 0 Å². The number of aromatic nitrogens is 2. The van der Waals surface area contributed by atoms with E-state index in [-0.39, 0.29) is 29.2 Å². The third kappa shape index (κ3) is 4.38. The van der Waals surface area contributed by atoms with Gasteiger partial charge in [0.1, 0.15) is 0 Å². The maximum atomic E-state index is 13.3. The molecule has 1 aliphatic carbocycles. The topological polar surface area (TPSA) is 93.1 Å². The largest absolute Gasteiger partial charge is 0.284 e. The van der Waals surface area contributed by atoms with Crippen LogP contribution in [-0.4, -0.2) is 27.1 Å². The highest BCUT2D eigenvalue weighted by Crippen LogP contribution is 2.38. The standard InChI is InChI=1S/C20H26N4O3S/c1-12-7-6-10-17(13(12)2)24-19(27)15-8-4-5-9-16(15)21-20(24)28-11-18(26)23-22-14(3)25/h4-5,8-9,12-13,17H,6-7,10-11H2,1-3H3,(H,22,25)(H,23,26)/t12-,13-,17-/m1/s1. The number of para-hydroxylation sites is 1. The van der Waals surface area contributed by atoms with Gasteiger partial charge in [-0.3, -0.25) is 29.8 Å². The lowest BCUT2D eigenvalue weighted by molar-refractivity contribution is -0.126. The van der Waals surface area contributed by atoms with Gasteiger partial charge in [-0.1, -0.05) is 50.6 Å². The molecule has 3 atom stereocenters. The fraction of sp³-hybridized carbons (Fsp3) is 0.500. The van der Waals surface area contributed by atoms with Gasteiger partial charge in [0.05, 0.1) is 16.7 Å². The second-order valence-corrected chi connectivity index (χ2v) is 8.38. The van der Waals surface area contributed by atoms with Crippen LogP contribution in [0.25, 0.3) is 10.9 Å². The molecular weight excluding hydrogens is 376 g/mol. The molecule has 1 aliphatic rings. The van der Waals surface area contributed by atoms with E-state index in [1.807, 2.05) is 18.2 Å². The predicted molar refractivity (Wildman–Crippen MR) is 110 cm³/mol. The molecule has 0 unspecified atom stereocenters. The SMILES string of the molecule is CC(=O)NNC(=O)CSc1nc2ccccc2c(=O)n1[C@@H]1CCC[C@@H](C)[C@H]1C. The summed E-state index contributed by atoms with van der Waals surface area (Å²) in [6.07, 6.45) is 3.16. The van der Waals surface area contributed by atoms with Crippen molar-refractivity contribution in [3.05, 3.63) is 34.6 Å². The quantitative estimate of drug-likeness (QED) is 0.466. The molecule has 1 heterocycles. The van der Waals surface area contributed by atoms with Crippen molar-refractivity contribution in [1.82, 2.24) is 20.4 Å². The van der Waals surface area contributed by atoms with Gasteiger partial charge in [0.25, 0.3) is 5.56 Å². The second-order valence-electron chi connectivity index (χ2n) is 7.44. The number of carbonyl (C=O) groups is 2. The zero-order valence-corrected chi connectivity index (χ0v) is 17.2. The number of fused-ring (bicyclic) bond motifs is 1. The first-order valence-electron chi connectivity index (χ1n) is 9.58. The molecule has 28 heavy (non-hydrogen) atoms. The lowest BCUT2D eigenvalue weighted by Crippen LogP contribution is -2.41. The molecule has 7 nitrogen and oxygen atoms in total. The summed E-state index contributed by atoms with van der Waals surface area (Å²) in [5.74, 6) is 0.241. The van der Waals surface area contributed by atoms with Crippen LogP contribution in [0.5, 0.6) is 0 Å². The molecule has 3 rings (SSSR count).